The zero-order valence-electron chi connectivity index (χ0n) is 15.5. The molecule has 2 aromatic rings. The van der Waals surface area contributed by atoms with Gasteiger partial charge in [-0.25, -0.2) is 0 Å². The Hall–Kier alpha value is -3.22. The molecule has 1 aliphatic carbocycles. The van der Waals surface area contributed by atoms with Gasteiger partial charge in [0.25, 0.3) is 0 Å². The third kappa shape index (κ3) is 3.74. The van der Waals surface area contributed by atoms with Crippen LogP contribution in [0.5, 0.6) is 0 Å². The lowest BCUT2D eigenvalue weighted by Gasteiger charge is -2.14. The van der Waals surface area contributed by atoms with Crippen molar-refractivity contribution in [2.24, 2.45) is 11.8 Å². The van der Waals surface area contributed by atoms with Crippen LogP contribution in [0.1, 0.15) is 24.0 Å². The molecule has 0 radical (unpaired) electrons. The first-order valence-corrected chi connectivity index (χ1v) is 9.44. The number of nitrogens with zero attached hydrogens (tertiary/aromatic N) is 3. The van der Waals surface area contributed by atoms with Gasteiger partial charge in [-0.2, -0.15) is 5.10 Å². The molecule has 28 heavy (non-hydrogen) atoms. The zero-order chi connectivity index (χ0) is 19.5. The van der Waals surface area contributed by atoms with Gasteiger partial charge in [-0.3, -0.25) is 24.0 Å². The number of amides is 3. The van der Waals surface area contributed by atoms with E-state index in [1.165, 1.54) is 0 Å². The van der Waals surface area contributed by atoms with E-state index < -0.39 is 0 Å². The number of likely N-dealkylation sites (tertiary alicyclic amines) is 1. The average Bonchev–Trinajstić information content (AvgIpc) is 3.31. The topological polar surface area (TPSA) is 84.3 Å². The maximum absolute atomic E-state index is 12.4. The van der Waals surface area contributed by atoms with Crippen LogP contribution in [0.4, 0.5) is 0 Å². The van der Waals surface area contributed by atoms with E-state index in [0.717, 1.165) is 16.0 Å². The van der Waals surface area contributed by atoms with Crippen molar-refractivity contribution in [1.82, 2.24) is 20.0 Å². The first-order valence-electron chi connectivity index (χ1n) is 9.44. The number of fused-ring (bicyclic) bond motifs is 1. The molecular formula is C21H22N4O3. The van der Waals surface area contributed by atoms with Crippen LogP contribution in [-0.2, 0) is 27.5 Å². The number of carbonyl (C=O) groups excluding carboxylic acids is 3. The maximum Gasteiger partial charge on any atom is 0.240 e. The van der Waals surface area contributed by atoms with Gasteiger partial charge >= 0.3 is 0 Å². The van der Waals surface area contributed by atoms with Gasteiger partial charge < -0.3 is 5.32 Å². The minimum atomic E-state index is -0.325. The van der Waals surface area contributed by atoms with Crippen molar-refractivity contribution < 1.29 is 14.4 Å². The largest absolute Gasteiger partial charge is 0.350 e. The molecule has 1 aliphatic heterocycles. The highest BCUT2D eigenvalue weighted by molar-refractivity contribution is 6.07. The summed E-state index contributed by atoms with van der Waals surface area (Å²) in [6.07, 6.45) is 8.68. The molecule has 0 saturated carbocycles. The second-order valence-electron chi connectivity index (χ2n) is 7.22. The number of aromatic nitrogens is 2. The summed E-state index contributed by atoms with van der Waals surface area (Å²) in [5.74, 6) is -1.37. The summed E-state index contributed by atoms with van der Waals surface area (Å²) in [6, 6.07) is 9.77. The summed E-state index contributed by atoms with van der Waals surface area (Å²) in [7, 11) is 0. The molecule has 2 atom stereocenters. The van der Waals surface area contributed by atoms with Gasteiger partial charge in [0.2, 0.25) is 17.7 Å². The van der Waals surface area contributed by atoms with Crippen molar-refractivity contribution in [2.45, 2.75) is 25.9 Å². The summed E-state index contributed by atoms with van der Waals surface area (Å²) in [6.45, 7) is 0.837. The number of carbonyl (C=O) groups is 3. The molecular weight excluding hydrogens is 356 g/mol. The summed E-state index contributed by atoms with van der Waals surface area (Å²) in [5.41, 5.74) is 2.07. The molecule has 4 rings (SSSR count). The summed E-state index contributed by atoms with van der Waals surface area (Å²) < 4.78 is 1.84. The van der Waals surface area contributed by atoms with Crippen LogP contribution in [0.25, 0.3) is 0 Å². The Labute approximate surface area is 163 Å². The fraction of sp³-hybridized carbons (Fsp3) is 0.333. The van der Waals surface area contributed by atoms with Crippen molar-refractivity contribution in [1.29, 1.82) is 0 Å². The van der Waals surface area contributed by atoms with Crippen molar-refractivity contribution >= 4 is 17.7 Å². The highest BCUT2D eigenvalue weighted by Crippen LogP contribution is 2.34. The number of allylic oxidation sites excluding steroid dienone is 2. The third-order valence-electron chi connectivity index (χ3n) is 5.32. The minimum Gasteiger partial charge on any atom is -0.350 e. The molecule has 144 valence electrons. The second-order valence-corrected chi connectivity index (χ2v) is 7.22. The summed E-state index contributed by atoms with van der Waals surface area (Å²) in [4.78, 5) is 38.2. The van der Waals surface area contributed by atoms with Crippen molar-refractivity contribution in [3.8, 4) is 0 Å². The molecule has 1 N–H and O–H groups in total. The van der Waals surface area contributed by atoms with Crippen LogP contribution >= 0.6 is 0 Å². The monoisotopic (exact) mass is 378 g/mol. The smallest absolute Gasteiger partial charge is 0.240 e. The quantitative estimate of drug-likeness (QED) is 0.610. The number of rotatable bonds is 6. The fourth-order valence-corrected chi connectivity index (χ4v) is 3.77. The van der Waals surface area contributed by atoms with Crippen LogP contribution in [0, 0.1) is 11.8 Å². The predicted octanol–water partition coefficient (Wildman–Crippen LogP) is 1.50. The first kappa shape index (κ1) is 18.2. The lowest BCUT2D eigenvalue weighted by Crippen LogP contribution is -2.40. The predicted molar refractivity (Wildman–Crippen MR) is 102 cm³/mol. The minimum absolute atomic E-state index is 0.206. The average molecular weight is 378 g/mol. The Balaban J connectivity index is 1.29. The standard InChI is InChI=1S/C21H22N4O3/c26-19(14-25-20(27)17-4-1-2-5-18(17)21(25)28)22-12-15-6-8-16(9-7-15)13-24-11-3-10-23-24/h1-3,6-11,17-18H,4-5,12-14H2,(H,22,26). The summed E-state index contributed by atoms with van der Waals surface area (Å²) in [5, 5.41) is 6.97. The second kappa shape index (κ2) is 7.80. The van der Waals surface area contributed by atoms with Crippen LogP contribution in [0.15, 0.2) is 54.9 Å². The molecule has 7 nitrogen and oxygen atoms in total. The first-order chi connectivity index (χ1) is 13.6. The molecule has 0 spiro atoms. The third-order valence-corrected chi connectivity index (χ3v) is 5.32. The molecule has 0 bridgehead atoms. The molecule has 2 aliphatic rings. The molecule has 7 heteroatoms. The Morgan fingerprint density at radius 3 is 2.29 bits per heavy atom. The van der Waals surface area contributed by atoms with Gasteiger partial charge in [0.15, 0.2) is 0 Å². The number of hydrogen-bond acceptors (Lipinski definition) is 4. The molecule has 1 saturated heterocycles. The van der Waals surface area contributed by atoms with E-state index in [0.29, 0.717) is 25.9 Å². The normalized spacial score (nSPS) is 21.1. The van der Waals surface area contributed by atoms with Crippen LogP contribution in [-0.4, -0.2) is 38.9 Å². The van der Waals surface area contributed by atoms with Gasteiger partial charge in [0, 0.05) is 18.9 Å². The highest BCUT2D eigenvalue weighted by atomic mass is 16.2. The SMILES string of the molecule is O=C(CN1C(=O)C2CC=CCC2C1=O)NCc1ccc(Cn2cccn2)cc1. The van der Waals surface area contributed by atoms with E-state index in [1.54, 1.807) is 6.20 Å². The maximum atomic E-state index is 12.4. The van der Waals surface area contributed by atoms with Gasteiger partial charge in [-0.1, -0.05) is 36.4 Å². The van der Waals surface area contributed by atoms with Crippen LogP contribution < -0.4 is 5.32 Å². The number of benzene rings is 1. The van der Waals surface area contributed by atoms with E-state index in [4.69, 9.17) is 0 Å². The van der Waals surface area contributed by atoms with Crippen molar-refractivity contribution in [3.05, 3.63) is 66.0 Å². The Bertz CT molecular complexity index is 876. The van der Waals surface area contributed by atoms with E-state index in [9.17, 15) is 14.4 Å². The number of nitrogens with one attached hydrogen (secondary N) is 1. The molecule has 2 unspecified atom stereocenters. The summed E-state index contributed by atoms with van der Waals surface area (Å²) >= 11 is 0. The number of hydrogen-bond donors (Lipinski definition) is 1. The fourth-order valence-electron chi connectivity index (χ4n) is 3.77. The van der Waals surface area contributed by atoms with Crippen LogP contribution in [0.3, 0.4) is 0 Å². The zero-order valence-corrected chi connectivity index (χ0v) is 15.5. The van der Waals surface area contributed by atoms with Gasteiger partial charge in [0.05, 0.1) is 18.4 Å². The Morgan fingerprint density at radius 1 is 1.04 bits per heavy atom. The van der Waals surface area contributed by atoms with Gasteiger partial charge in [0.1, 0.15) is 6.54 Å². The van der Waals surface area contributed by atoms with E-state index in [2.05, 4.69) is 10.4 Å². The van der Waals surface area contributed by atoms with Crippen molar-refractivity contribution in [2.75, 3.05) is 6.54 Å². The van der Waals surface area contributed by atoms with E-state index >= 15 is 0 Å². The Kier molecular flexibility index (Phi) is 5.06. The van der Waals surface area contributed by atoms with Gasteiger partial charge in [-0.05, 0) is 30.0 Å². The molecule has 1 fully saturated rings. The Morgan fingerprint density at radius 2 is 1.68 bits per heavy atom. The molecule has 1 aromatic carbocycles. The van der Waals surface area contributed by atoms with E-state index in [1.807, 2.05) is 53.4 Å². The van der Waals surface area contributed by atoms with Crippen LogP contribution in [0.2, 0.25) is 0 Å². The van der Waals surface area contributed by atoms with Crippen molar-refractivity contribution in [3.63, 3.8) is 0 Å². The molecule has 1 aromatic heterocycles. The van der Waals surface area contributed by atoms with Gasteiger partial charge in [-0.15, -0.1) is 0 Å². The van der Waals surface area contributed by atoms with E-state index in [-0.39, 0.29) is 36.1 Å². The molecule has 3 amide bonds. The lowest BCUT2D eigenvalue weighted by atomic mass is 9.85. The number of imide groups is 1. The lowest BCUT2D eigenvalue weighted by molar-refractivity contribution is -0.143. The highest BCUT2D eigenvalue weighted by Gasteiger charge is 2.47. The molecule has 2 heterocycles.